The van der Waals surface area contributed by atoms with Crippen LogP contribution in [0.25, 0.3) is 6.08 Å². The van der Waals surface area contributed by atoms with Crippen LogP contribution >= 0.6 is 0 Å². The van der Waals surface area contributed by atoms with Crippen LogP contribution < -0.4 is 19.1 Å². The zero-order valence-electron chi connectivity index (χ0n) is 23.3. The van der Waals surface area contributed by atoms with Gasteiger partial charge in [-0.3, -0.25) is 9.47 Å². The minimum absolute atomic E-state index is 0.223. The van der Waals surface area contributed by atoms with E-state index in [4.69, 9.17) is 9.47 Å². The first-order valence-electron chi connectivity index (χ1n) is 13.6. The van der Waals surface area contributed by atoms with Crippen molar-refractivity contribution in [3.05, 3.63) is 76.5 Å². The van der Waals surface area contributed by atoms with Gasteiger partial charge in [-0.15, -0.1) is 13.2 Å². The van der Waals surface area contributed by atoms with E-state index in [1.807, 2.05) is 43.3 Å². The van der Waals surface area contributed by atoms with E-state index in [-0.39, 0.29) is 24.2 Å². The molecule has 1 unspecified atom stereocenters. The van der Waals surface area contributed by atoms with E-state index in [1.165, 1.54) is 18.3 Å². The number of aromatic nitrogens is 2. The largest absolute Gasteiger partial charge is 0.573 e. The number of benzene rings is 2. The Labute approximate surface area is 241 Å². The number of ether oxygens (including phenoxy) is 3. The average Bonchev–Trinajstić information content (AvgIpc) is 3.48. The molecule has 2 aliphatic rings. The second kappa shape index (κ2) is 11.9. The smallest absolute Gasteiger partial charge is 0.489 e. The van der Waals surface area contributed by atoms with E-state index in [0.717, 1.165) is 43.7 Å². The highest BCUT2D eigenvalue weighted by atomic mass is 19.4. The van der Waals surface area contributed by atoms with Gasteiger partial charge in [0.05, 0.1) is 6.54 Å². The number of anilines is 1. The average molecular weight is 588 g/mol. The molecule has 0 amide bonds. The van der Waals surface area contributed by atoms with E-state index >= 15 is 0 Å². The minimum Gasteiger partial charge on any atom is -0.489 e. The Kier molecular flexibility index (Phi) is 8.30. The van der Waals surface area contributed by atoms with Gasteiger partial charge in [0.2, 0.25) is 0 Å². The summed E-state index contributed by atoms with van der Waals surface area (Å²) >= 11 is 0. The van der Waals surface area contributed by atoms with Crippen LogP contribution in [0.5, 0.6) is 17.5 Å². The van der Waals surface area contributed by atoms with Crippen LogP contribution in [0.4, 0.5) is 24.7 Å². The Morgan fingerprint density at radius 3 is 2.43 bits per heavy atom. The van der Waals surface area contributed by atoms with Crippen molar-refractivity contribution in [2.75, 3.05) is 38.2 Å². The molecule has 1 saturated heterocycles. The van der Waals surface area contributed by atoms with Gasteiger partial charge in [0.25, 0.3) is 0 Å². The second-order valence-electron chi connectivity index (χ2n) is 10.8. The summed E-state index contributed by atoms with van der Waals surface area (Å²) in [4.78, 5) is 18.9. The molecule has 0 N–H and O–H groups in total. The molecule has 224 valence electrons. The maximum absolute atomic E-state index is 12.3. The molecule has 1 atom stereocenters. The van der Waals surface area contributed by atoms with Gasteiger partial charge in [-0.2, -0.15) is 0 Å². The number of nitro groups is 1. The third-order valence-electron chi connectivity index (χ3n) is 7.41. The van der Waals surface area contributed by atoms with Crippen LogP contribution in [0.3, 0.4) is 0 Å². The van der Waals surface area contributed by atoms with Crippen LogP contribution in [-0.4, -0.2) is 70.7 Å². The fraction of sp³-hybridized carbons (Fsp3) is 0.414. The Morgan fingerprint density at radius 2 is 1.81 bits per heavy atom. The molecule has 0 spiro atoms. The molecular weight excluding hydrogens is 555 g/mol. The van der Waals surface area contributed by atoms with Crippen molar-refractivity contribution in [2.45, 2.75) is 44.3 Å². The predicted octanol–water partition coefficient (Wildman–Crippen LogP) is 5.53. The van der Waals surface area contributed by atoms with E-state index in [9.17, 15) is 23.3 Å². The standard InChI is InChI=1S/C29H32F3N5O5/c1-28(19-36-18-26(37(38)39)33-27(36)42-28)20-40-24-11-7-23(8-12-24)35-16-13-22(14-17-35)34(2)15-3-4-21-5-9-25(10-6-21)41-29(30,31)32/h3-12,18,22H,13-17,19-20H2,1-2H3. The molecule has 3 heterocycles. The third kappa shape index (κ3) is 7.32. The first kappa shape index (κ1) is 29.2. The van der Waals surface area contributed by atoms with Crippen molar-refractivity contribution < 1.29 is 32.3 Å². The zero-order valence-corrected chi connectivity index (χ0v) is 23.3. The van der Waals surface area contributed by atoms with Crippen molar-refractivity contribution in [3.8, 4) is 17.5 Å². The van der Waals surface area contributed by atoms with Gasteiger partial charge in [0.1, 0.15) is 24.3 Å². The Hall–Kier alpha value is -4.26. The lowest BCUT2D eigenvalue weighted by molar-refractivity contribution is -0.389. The lowest BCUT2D eigenvalue weighted by Crippen LogP contribution is -2.43. The minimum atomic E-state index is -4.69. The van der Waals surface area contributed by atoms with Crippen molar-refractivity contribution in [2.24, 2.45) is 0 Å². The topological polar surface area (TPSA) is 95.1 Å². The van der Waals surface area contributed by atoms with E-state index in [0.29, 0.717) is 18.3 Å². The Bertz CT molecular complexity index is 1380. The van der Waals surface area contributed by atoms with Crippen molar-refractivity contribution in [1.29, 1.82) is 0 Å². The van der Waals surface area contributed by atoms with Crippen LogP contribution in [0.2, 0.25) is 0 Å². The number of likely N-dealkylation sites (N-methyl/N-ethyl adjacent to an activating group) is 1. The number of alkyl halides is 3. The summed E-state index contributed by atoms with van der Waals surface area (Å²) in [6.07, 6.45) is 2.60. The number of fused-ring (bicyclic) bond motifs is 1. The molecule has 0 bridgehead atoms. The van der Waals surface area contributed by atoms with Gasteiger partial charge in [-0.25, -0.2) is 0 Å². The highest BCUT2D eigenvalue weighted by molar-refractivity contribution is 5.51. The number of hydrogen-bond donors (Lipinski definition) is 0. The van der Waals surface area contributed by atoms with Crippen LogP contribution in [0.15, 0.2) is 60.8 Å². The van der Waals surface area contributed by atoms with Gasteiger partial charge >= 0.3 is 18.2 Å². The number of nitrogens with zero attached hydrogens (tertiary/aromatic N) is 5. The molecule has 2 aromatic carbocycles. The summed E-state index contributed by atoms with van der Waals surface area (Å²) in [5.41, 5.74) is 1.26. The number of piperidine rings is 1. The van der Waals surface area contributed by atoms with E-state index in [1.54, 1.807) is 16.7 Å². The summed E-state index contributed by atoms with van der Waals surface area (Å²) in [6.45, 7) is 5.14. The fourth-order valence-electron chi connectivity index (χ4n) is 5.20. The summed E-state index contributed by atoms with van der Waals surface area (Å²) in [6, 6.07) is 14.4. The molecule has 1 aromatic heterocycles. The van der Waals surface area contributed by atoms with Crippen LogP contribution in [0.1, 0.15) is 25.3 Å². The van der Waals surface area contributed by atoms with Crippen LogP contribution in [-0.2, 0) is 6.54 Å². The molecule has 0 aliphatic carbocycles. The van der Waals surface area contributed by atoms with Gasteiger partial charge in [-0.05, 0) is 73.7 Å². The monoisotopic (exact) mass is 587 g/mol. The molecule has 0 saturated carbocycles. The highest BCUT2D eigenvalue weighted by Crippen LogP contribution is 2.32. The summed E-state index contributed by atoms with van der Waals surface area (Å²) in [5, 5.41) is 10.9. The van der Waals surface area contributed by atoms with Gasteiger partial charge in [0.15, 0.2) is 5.60 Å². The molecule has 10 nitrogen and oxygen atoms in total. The zero-order chi connectivity index (χ0) is 29.9. The quantitative estimate of drug-likeness (QED) is 0.226. The molecule has 13 heteroatoms. The van der Waals surface area contributed by atoms with Crippen molar-refractivity contribution in [1.82, 2.24) is 14.5 Å². The Morgan fingerprint density at radius 1 is 1.14 bits per heavy atom. The van der Waals surface area contributed by atoms with Gasteiger partial charge in [-0.1, -0.05) is 24.3 Å². The first-order chi connectivity index (χ1) is 20.0. The second-order valence-corrected chi connectivity index (χ2v) is 10.8. The fourth-order valence-corrected chi connectivity index (χ4v) is 5.20. The predicted molar refractivity (Wildman–Crippen MR) is 150 cm³/mol. The maximum Gasteiger partial charge on any atom is 0.573 e. The lowest BCUT2D eigenvalue weighted by Gasteiger charge is -2.37. The van der Waals surface area contributed by atoms with E-state index in [2.05, 4.69) is 26.6 Å². The summed E-state index contributed by atoms with van der Waals surface area (Å²) in [5.74, 6) is 0.245. The molecule has 0 radical (unpaired) electrons. The molecular formula is C29H32F3N5O5. The SMILES string of the molecule is CN(CC=Cc1ccc(OC(F)(F)F)cc1)C1CCN(c2ccc(OCC3(C)Cn4cc([N+](=O)[O-])nc4O3)cc2)CC1. The maximum atomic E-state index is 12.3. The molecule has 1 fully saturated rings. The number of imidazole rings is 1. The van der Waals surface area contributed by atoms with Gasteiger partial charge < -0.3 is 29.2 Å². The molecule has 3 aromatic rings. The first-order valence-corrected chi connectivity index (χ1v) is 13.6. The molecule has 2 aliphatic heterocycles. The third-order valence-corrected chi connectivity index (χ3v) is 7.41. The summed E-state index contributed by atoms with van der Waals surface area (Å²) < 4.78 is 54.3. The van der Waals surface area contributed by atoms with Crippen molar-refractivity contribution >= 4 is 17.6 Å². The highest BCUT2D eigenvalue weighted by Gasteiger charge is 2.41. The Balaban J connectivity index is 1.04. The number of hydrogen-bond acceptors (Lipinski definition) is 8. The van der Waals surface area contributed by atoms with E-state index < -0.39 is 16.9 Å². The van der Waals surface area contributed by atoms with Gasteiger partial charge in [0, 0.05) is 36.3 Å². The molecule has 42 heavy (non-hydrogen) atoms. The lowest BCUT2D eigenvalue weighted by atomic mass is 10.0. The summed E-state index contributed by atoms with van der Waals surface area (Å²) in [7, 11) is 2.08. The van der Waals surface area contributed by atoms with Crippen molar-refractivity contribution in [3.63, 3.8) is 0 Å². The van der Waals surface area contributed by atoms with Crippen LogP contribution in [0, 0.1) is 10.1 Å². The number of halogens is 3. The molecule has 5 rings (SSSR count). The number of rotatable bonds is 10. The normalized spacial score (nSPS) is 19.2.